The molecule has 0 fully saturated rings. The molecule has 0 saturated carbocycles. The van der Waals surface area contributed by atoms with Crippen LogP contribution in [0.25, 0.3) is 11.0 Å². The van der Waals surface area contributed by atoms with Crippen LogP contribution in [0, 0.1) is 0 Å². The lowest BCUT2D eigenvalue weighted by atomic mass is 10.2. The number of fused-ring (bicyclic) bond motifs is 1. The van der Waals surface area contributed by atoms with E-state index in [0.29, 0.717) is 42.3 Å². The van der Waals surface area contributed by atoms with Crippen molar-refractivity contribution in [3.63, 3.8) is 0 Å². The highest BCUT2D eigenvalue weighted by Crippen LogP contribution is 2.42. The van der Waals surface area contributed by atoms with Gasteiger partial charge in [0.2, 0.25) is 14.3 Å². The van der Waals surface area contributed by atoms with Gasteiger partial charge in [0.15, 0.2) is 0 Å². The van der Waals surface area contributed by atoms with Gasteiger partial charge in [-0.05, 0) is 34.3 Å². The fourth-order valence-corrected chi connectivity index (χ4v) is 9.83. The number of benzene rings is 1. The van der Waals surface area contributed by atoms with Gasteiger partial charge in [0.25, 0.3) is 0 Å². The first-order valence-electron chi connectivity index (χ1n) is 9.61. The van der Waals surface area contributed by atoms with Crippen molar-refractivity contribution in [2.75, 3.05) is 19.5 Å². The fourth-order valence-electron chi connectivity index (χ4n) is 4.41. The molecule has 0 radical (unpaired) electrons. The van der Waals surface area contributed by atoms with Gasteiger partial charge < -0.3 is 19.5 Å². The quantitative estimate of drug-likeness (QED) is 0.628. The Balaban J connectivity index is 2.25. The standard InChI is InChI=1S/C20H35N3O2Si/c1-14(2)26(15(3)4,16(5)6)25-13-17-8-9-19-18(12-17)22-20(21)23(19)10-11-24-7/h8-9,12,14-16H,10-11,13H2,1-7H3,(H2,21,22). The van der Waals surface area contributed by atoms with Crippen LogP contribution in [0.15, 0.2) is 18.2 Å². The summed E-state index contributed by atoms with van der Waals surface area (Å²) in [6.45, 7) is 15.8. The third-order valence-electron chi connectivity index (χ3n) is 5.56. The van der Waals surface area contributed by atoms with Crippen LogP contribution in [0.3, 0.4) is 0 Å². The van der Waals surface area contributed by atoms with Crippen LogP contribution >= 0.6 is 0 Å². The molecular formula is C20H35N3O2Si. The lowest BCUT2D eigenvalue weighted by molar-refractivity contribution is 0.189. The van der Waals surface area contributed by atoms with Crippen molar-refractivity contribution in [1.29, 1.82) is 0 Å². The van der Waals surface area contributed by atoms with Crippen LogP contribution in [-0.2, 0) is 22.3 Å². The Morgan fingerprint density at radius 2 is 1.69 bits per heavy atom. The second kappa shape index (κ2) is 8.54. The maximum Gasteiger partial charge on any atom is 0.201 e. The molecule has 0 spiro atoms. The summed E-state index contributed by atoms with van der Waals surface area (Å²) in [6, 6.07) is 6.33. The minimum Gasteiger partial charge on any atom is -0.412 e. The molecule has 0 bridgehead atoms. The Bertz CT molecular complexity index is 703. The number of nitrogens with zero attached hydrogens (tertiary/aromatic N) is 2. The van der Waals surface area contributed by atoms with Crippen molar-refractivity contribution in [1.82, 2.24) is 9.55 Å². The van der Waals surface area contributed by atoms with E-state index in [0.717, 1.165) is 16.6 Å². The molecule has 0 unspecified atom stereocenters. The van der Waals surface area contributed by atoms with Crippen LogP contribution in [0.2, 0.25) is 16.6 Å². The third-order valence-corrected chi connectivity index (χ3v) is 11.6. The molecule has 0 atom stereocenters. The topological polar surface area (TPSA) is 62.3 Å². The first kappa shape index (κ1) is 20.9. The predicted octanol–water partition coefficient (Wildman–Crippen LogP) is 4.96. The second-order valence-corrected chi connectivity index (χ2v) is 13.5. The average molecular weight is 378 g/mol. The van der Waals surface area contributed by atoms with Crippen molar-refractivity contribution < 1.29 is 9.16 Å². The maximum absolute atomic E-state index is 6.70. The normalized spacial score (nSPS) is 12.8. The van der Waals surface area contributed by atoms with E-state index < -0.39 is 8.32 Å². The molecule has 146 valence electrons. The highest BCUT2D eigenvalue weighted by atomic mass is 28.4. The molecule has 0 aliphatic carbocycles. The van der Waals surface area contributed by atoms with Crippen molar-refractivity contribution in [3.05, 3.63) is 23.8 Å². The van der Waals surface area contributed by atoms with E-state index >= 15 is 0 Å². The molecule has 2 aromatic rings. The number of hydrogen-bond donors (Lipinski definition) is 1. The van der Waals surface area contributed by atoms with E-state index in [1.807, 2.05) is 4.57 Å². The number of anilines is 1. The molecule has 2 N–H and O–H groups in total. The summed E-state index contributed by atoms with van der Waals surface area (Å²) < 4.78 is 13.9. The molecule has 0 amide bonds. The summed E-state index contributed by atoms with van der Waals surface area (Å²) in [5, 5.41) is 0. The summed E-state index contributed by atoms with van der Waals surface area (Å²) in [6.07, 6.45) is 0. The summed E-state index contributed by atoms with van der Waals surface area (Å²) in [7, 11) is -0.174. The SMILES string of the molecule is COCCn1c(N)nc2cc(CO[Si](C(C)C)(C(C)C)C(C)C)ccc21. The van der Waals surface area contributed by atoms with Gasteiger partial charge >= 0.3 is 0 Å². The molecule has 0 aliphatic heterocycles. The van der Waals surface area contributed by atoms with Gasteiger partial charge in [-0.1, -0.05) is 47.6 Å². The van der Waals surface area contributed by atoms with Crippen molar-refractivity contribution >= 4 is 25.3 Å². The van der Waals surface area contributed by atoms with E-state index in [2.05, 4.69) is 64.7 Å². The van der Waals surface area contributed by atoms with Crippen LogP contribution in [-0.4, -0.2) is 31.6 Å². The van der Waals surface area contributed by atoms with E-state index in [9.17, 15) is 0 Å². The molecule has 2 rings (SSSR count). The van der Waals surface area contributed by atoms with Gasteiger partial charge in [0.05, 0.1) is 24.2 Å². The highest BCUT2D eigenvalue weighted by Gasteiger charge is 2.44. The van der Waals surface area contributed by atoms with Gasteiger partial charge in [0.1, 0.15) is 0 Å². The van der Waals surface area contributed by atoms with Crippen LogP contribution in [0.4, 0.5) is 5.95 Å². The number of hydrogen-bond acceptors (Lipinski definition) is 4. The Labute approximate surface area is 159 Å². The van der Waals surface area contributed by atoms with Gasteiger partial charge in [-0.25, -0.2) is 4.98 Å². The number of ether oxygens (including phenoxy) is 1. The number of rotatable bonds is 9. The molecule has 26 heavy (non-hydrogen) atoms. The van der Waals surface area contributed by atoms with E-state index in [1.54, 1.807) is 7.11 Å². The van der Waals surface area contributed by atoms with Crippen LogP contribution in [0.5, 0.6) is 0 Å². The summed E-state index contributed by atoms with van der Waals surface area (Å²) >= 11 is 0. The molecule has 0 saturated heterocycles. The lowest BCUT2D eigenvalue weighted by Crippen LogP contribution is -2.47. The second-order valence-electron chi connectivity index (χ2n) is 8.04. The summed E-state index contributed by atoms with van der Waals surface area (Å²) in [5.74, 6) is 0.533. The van der Waals surface area contributed by atoms with Crippen molar-refractivity contribution in [2.24, 2.45) is 0 Å². The molecule has 0 aliphatic rings. The van der Waals surface area contributed by atoms with Gasteiger partial charge in [-0.3, -0.25) is 0 Å². The predicted molar refractivity (Wildman–Crippen MR) is 112 cm³/mol. The molecule has 6 heteroatoms. The summed E-state index contributed by atoms with van der Waals surface area (Å²) in [5.41, 5.74) is 10.9. The molecule has 1 aromatic carbocycles. The molecule has 5 nitrogen and oxygen atoms in total. The Morgan fingerprint density at radius 3 is 2.23 bits per heavy atom. The zero-order valence-electron chi connectivity index (χ0n) is 17.4. The van der Waals surface area contributed by atoms with E-state index in [1.165, 1.54) is 0 Å². The largest absolute Gasteiger partial charge is 0.412 e. The zero-order valence-corrected chi connectivity index (χ0v) is 18.4. The molecule has 1 heterocycles. The molecular weight excluding hydrogens is 342 g/mol. The first-order valence-corrected chi connectivity index (χ1v) is 11.8. The summed E-state index contributed by atoms with van der Waals surface area (Å²) in [4.78, 5) is 4.52. The number of nitrogens with two attached hydrogens (primary N) is 1. The van der Waals surface area contributed by atoms with E-state index in [-0.39, 0.29) is 0 Å². The average Bonchev–Trinajstić information content (AvgIpc) is 2.87. The maximum atomic E-state index is 6.70. The number of imidazole rings is 1. The van der Waals surface area contributed by atoms with Crippen LogP contribution in [0.1, 0.15) is 47.1 Å². The Hall–Kier alpha value is -1.37. The number of methoxy groups -OCH3 is 1. The number of aromatic nitrogens is 2. The van der Waals surface area contributed by atoms with E-state index in [4.69, 9.17) is 14.9 Å². The minimum atomic E-state index is -1.87. The number of nitrogen functional groups attached to an aromatic ring is 1. The van der Waals surface area contributed by atoms with Crippen molar-refractivity contribution in [3.8, 4) is 0 Å². The van der Waals surface area contributed by atoms with Crippen LogP contribution < -0.4 is 5.73 Å². The fraction of sp³-hybridized carbons (Fsp3) is 0.650. The third kappa shape index (κ3) is 3.97. The Kier molecular flexibility index (Phi) is 6.88. The minimum absolute atomic E-state index is 0.533. The molecule has 1 aromatic heterocycles. The van der Waals surface area contributed by atoms with Gasteiger partial charge in [0, 0.05) is 13.7 Å². The smallest absolute Gasteiger partial charge is 0.201 e. The van der Waals surface area contributed by atoms with Gasteiger partial charge in [-0.2, -0.15) is 0 Å². The first-order chi connectivity index (χ1) is 12.2. The monoisotopic (exact) mass is 377 g/mol. The Morgan fingerprint density at radius 1 is 1.08 bits per heavy atom. The van der Waals surface area contributed by atoms with Gasteiger partial charge in [-0.15, -0.1) is 0 Å². The lowest BCUT2D eigenvalue weighted by Gasteiger charge is -2.42. The highest BCUT2D eigenvalue weighted by molar-refractivity contribution is 6.77. The zero-order chi connectivity index (χ0) is 19.5. The van der Waals surface area contributed by atoms with Crippen molar-refractivity contribution in [2.45, 2.75) is 71.3 Å².